The zero-order valence-corrected chi connectivity index (χ0v) is 6.93. The number of esters is 1. The number of carbonyl (C=O) groups is 2. The van der Waals surface area contributed by atoms with Crippen LogP contribution in [0.4, 0.5) is 0 Å². The van der Waals surface area contributed by atoms with Crippen molar-refractivity contribution in [3.63, 3.8) is 0 Å². The lowest BCUT2D eigenvalue weighted by Crippen LogP contribution is -2.00. The first-order valence-electron chi connectivity index (χ1n) is 3.86. The van der Waals surface area contributed by atoms with Crippen molar-refractivity contribution in [2.75, 3.05) is 0 Å². The number of hydrogen-bond donors (Lipinski definition) is 2. The molecule has 14 heavy (non-hydrogen) atoms. The van der Waals surface area contributed by atoms with Crippen molar-refractivity contribution < 1.29 is 24.5 Å². The monoisotopic (exact) mass is 194 g/mol. The van der Waals surface area contributed by atoms with Crippen LogP contribution in [-0.2, 0) is 4.74 Å². The molecule has 0 spiro atoms. The summed E-state index contributed by atoms with van der Waals surface area (Å²) in [5.41, 5.74) is 0.409. The number of cyclic esters (lactones) is 1. The molecule has 5 nitrogen and oxygen atoms in total. The summed E-state index contributed by atoms with van der Waals surface area (Å²) in [4.78, 5) is 21.6. The van der Waals surface area contributed by atoms with Crippen LogP contribution < -0.4 is 0 Å². The van der Waals surface area contributed by atoms with Gasteiger partial charge in [-0.15, -0.1) is 0 Å². The molecule has 0 aliphatic carbocycles. The van der Waals surface area contributed by atoms with Crippen LogP contribution >= 0.6 is 0 Å². The molecule has 1 unspecified atom stereocenters. The summed E-state index contributed by atoms with van der Waals surface area (Å²) < 4.78 is 4.49. The van der Waals surface area contributed by atoms with Gasteiger partial charge in [-0.3, -0.25) is 0 Å². The topological polar surface area (TPSA) is 83.8 Å². The number of benzene rings is 1. The second kappa shape index (κ2) is 2.81. The van der Waals surface area contributed by atoms with E-state index in [-0.39, 0.29) is 11.1 Å². The maximum Gasteiger partial charge on any atom is 0.341 e. The van der Waals surface area contributed by atoms with Gasteiger partial charge in [0.25, 0.3) is 0 Å². The van der Waals surface area contributed by atoms with Crippen molar-refractivity contribution in [3.8, 4) is 0 Å². The van der Waals surface area contributed by atoms with E-state index in [1.807, 2.05) is 0 Å². The third kappa shape index (κ3) is 1.14. The van der Waals surface area contributed by atoms with Crippen LogP contribution in [0.15, 0.2) is 18.2 Å². The minimum absolute atomic E-state index is 0.00481. The number of aliphatic hydroxyl groups excluding tert-OH is 1. The van der Waals surface area contributed by atoms with Crippen molar-refractivity contribution in [2.45, 2.75) is 6.29 Å². The van der Waals surface area contributed by atoms with E-state index in [4.69, 9.17) is 5.11 Å². The Balaban J connectivity index is 2.55. The third-order valence-electron chi connectivity index (χ3n) is 2.00. The lowest BCUT2D eigenvalue weighted by Gasteiger charge is -2.00. The fourth-order valence-corrected chi connectivity index (χ4v) is 1.31. The van der Waals surface area contributed by atoms with Gasteiger partial charge in [-0.2, -0.15) is 0 Å². The molecule has 0 saturated heterocycles. The van der Waals surface area contributed by atoms with Crippen LogP contribution in [0.2, 0.25) is 0 Å². The van der Waals surface area contributed by atoms with Crippen molar-refractivity contribution in [3.05, 3.63) is 34.9 Å². The van der Waals surface area contributed by atoms with Gasteiger partial charge in [0.15, 0.2) is 0 Å². The van der Waals surface area contributed by atoms with Crippen molar-refractivity contribution in [1.82, 2.24) is 0 Å². The zero-order chi connectivity index (χ0) is 10.3. The average Bonchev–Trinajstić information content (AvgIpc) is 2.42. The van der Waals surface area contributed by atoms with E-state index in [2.05, 4.69) is 4.74 Å². The Morgan fingerprint density at radius 1 is 1.43 bits per heavy atom. The Morgan fingerprint density at radius 2 is 2.14 bits per heavy atom. The highest BCUT2D eigenvalue weighted by molar-refractivity contribution is 5.97. The zero-order valence-electron chi connectivity index (χ0n) is 6.93. The highest BCUT2D eigenvalue weighted by Gasteiger charge is 2.29. The fourth-order valence-electron chi connectivity index (χ4n) is 1.31. The van der Waals surface area contributed by atoms with Gasteiger partial charge >= 0.3 is 11.9 Å². The summed E-state index contributed by atoms with van der Waals surface area (Å²) in [6.07, 6.45) is -1.28. The second-order valence-corrected chi connectivity index (χ2v) is 2.86. The standard InChI is InChI=1S/C9H6O5/c10-7(11)4-1-2-5-6(3-4)9(13)14-8(5)12/h1-3,8,12H,(H,10,11). The minimum Gasteiger partial charge on any atom is -0.478 e. The molecule has 5 heteroatoms. The minimum atomic E-state index is -1.28. The Bertz CT molecular complexity index is 423. The Kier molecular flexibility index (Phi) is 1.75. The first-order valence-corrected chi connectivity index (χ1v) is 3.86. The van der Waals surface area contributed by atoms with E-state index < -0.39 is 18.2 Å². The predicted molar refractivity (Wildman–Crippen MR) is 43.8 cm³/mol. The van der Waals surface area contributed by atoms with Crippen LogP contribution in [0.3, 0.4) is 0 Å². The van der Waals surface area contributed by atoms with Crippen LogP contribution in [0, 0.1) is 0 Å². The molecule has 0 amide bonds. The van der Waals surface area contributed by atoms with Crippen LogP contribution in [0.5, 0.6) is 0 Å². The predicted octanol–water partition coefficient (Wildman–Crippen LogP) is 0.546. The SMILES string of the molecule is O=C(O)c1ccc2c(c1)C(=O)OC2O. The number of aromatic carboxylic acids is 1. The molecule has 1 heterocycles. The number of aliphatic hydroxyl groups is 1. The van der Waals surface area contributed by atoms with Gasteiger partial charge in [0.05, 0.1) is 11.1 Å². The lowest BCUT2D eigenvalue weighted by atomic mass is 10.1. The van der Waals surface area contributed by atoms with Gasteiger partial charge in [-0.25, -0.2) is 9.59 Å². The van der Waals surface area contributed by atoms with Gasteiger partial charge in [0.1, 0.15) is 0 Å². The quantitative estimate of drug-likeness (QED) is 0.637. The molecule has 2 N–H and O–H groups in total. The van der Waals surface area contributed by atoms with E-state index in [1.165, 1.54) is 18.2 Å². The van der Waals surface area contributed by atoms with Crippen LogP contribution in [0.25, 0.3) is 0 Å². The first-order chi connectivity index (χ1) is 6.59. The number of carboxylic acids is 1. The number of rotatable bonds is 1. The number of ether oxygens (including phenoxy) is 1. The number of hydrogen-bond acceptors (Lipinski definition) is 4. The summed E-state index contributed by atoms with van der Waals surface area (Å²) in [5, 5.41) is 17.8. The molecule has 2 rings (SSSR count). The third-order valence-corrected chi connectivity index (χ3v) is 2.00. The second-order valence-electron chi connectivity index (χ2n) is 2.86. The Hall–Kier alpha value is -1.88. The smallest absolute Gasteiger partial charge is 0.341 e. The molecule has 0 saturated carbocycles. The van der Waals surface area contributed by atoms with Crippen molar-refractivity contribution in [2.24, 2.45) is 0 Å². The molecular weight excluding hydrogens is 188 g/mol. The maximum atomic E-state index is 11.1. The largest absolute Gasteiger partial charge is 0.478 e. The van der Waals surface area contributed by atoms with Gasteiger partial charge in [-0.05, 0) is 12.1 Å². The molecule has 1 aromatic rings. The average molecular weight is 194 g/mol. The summed E-state index contributed by atoms with van der Waals surface area (Å²) in [7, 11) is 0. The highest BCUT2D eigenvalue weighted by Crippen LogP contribution is 2.28. The van der Waals surface area contributed by atoms with Crippen LogP contribution in [0.1, 0.15) is 32.6 Å². The summed E-state index contributed by atoms with van der Waals surface area (Å²) in [6.45, 7) is 0. The molecule has 0 fully saturated rings. The molecule has 1 aliphatic heterocycles. The van der Waals surface area contributed by atoms with Gasteiger partial charge < -0.3 is 14.9 Å². The molecule has 1 atom stereocenters. The first kappa shape index (κ1) is 8.71. The molecule has 0 aromatic heterocycles. The number of fused-ring (bicyclic) bond motifs is 1. The molecule has 72 valence electrons. The lowest BCUT2D eigenvalue weighted by molar-refractivity contribution is -0.0547. The van der Waals surface area contributed by atoms with Crippen LogP contribution in [-0.4, -0.2) is 22.2 Å². The molecule has 0 bridgehead atoms. The van der Waals surface area contributed by atoms with E-state index in [1.54, 1.807) is 0 Å². The molecule has 0 radical (unpaired) electrons. The normalized spacial score (nSPS) is 18.9. The Labute approximate surface area is 78.5 Å². The van der Waals surface area contributed by atoms with Crippen molar-refractivity contribution in [1.29, 1.82) is 0 Å². The highest BCUT2D eigenvalue weighted by atomic mass is 16.6. The van der Waals surface area contributed by atoms with Gasteiger partial charge in [0, 0.05) is 5.56 Å². The van der Waals surface area contributed by atoms with E-state index in [9.17, 15) is 14.7 Å². The number of carboxylic acid groups (broad SMARTS) is 1. The summed E-state index contributed by atoms with van der Waals surface area (Å²) in [6, 6.07) is 3.87. The van der Waals surface area contributed by atoms with E-state index in [0.29, 0.717) is 5.56 Å². The molecule has 1 aliphatic rings. The number of carbonyl (C=O) groups excluding carboxylic acids is 1. The van der Waals surface area contributed by atoms with Gasteiger partial charge in [0.2, 0.25) is 6.29 Å². The summed E-state index contributed by atoms with van der Waals surface area (Å²) >= 11 is 0. The molecular formula is C9H6O5. The van der Waals surface area contributed by atoms with E-state index >= 15 is 0 Å². The maximum absolute atomic E-state index is 11.1. The van der Waals surface area contributed by atoms with Gasteiger partial charge in [-0.1, -0.05) is 6.07 Å². The molecule has 1 aromatic carbocycles. The summed E-state index contributed by atoms with van der Waals surface area (Å²) in [5.74, 6) is -1.82. The van der Waals surface area contributed by atoms with Crippen molar-refractivity contribution >= 4 is 11.9 Å². The van der Waals surface area contributed by atoms with E-state index in [0.717, 1.165) is 0 Å². The Morgan fingerprint density at radius 3 is 2.79 bits per heavy atom. The fraction of sp³-hybridized carbons (Fsp3) is 0.111.